The highest BCUT2D eigenvalue weighted by molar-refractivity contribution is 5.63. The number of hydrogen-bond acceptors (Lipinski definition) is 5. The van der Waals surface area contributed by atoms with Gasteiger partial charge in [0.25, 0.3) is 0 Å². The second-order valence-corrected chi connectivity index (χ2v) is 4.09. The van der Waals surface area contributed by atoms with Crippen LogP contribution in [0.2, 0.25) is 0 Å². The topological polar surface area (TPSA) is 76.0 Å². The summed E-state index contributed by atoms with van der Waals surface area (Å²) in [6, 6.07) is 10.7. The lowest BCUT2D eigenvalue weighted by Crippen LogP contribution is -2.09. The molecule has 2 aromatic rings. The lowest BCUT2D eigenvalue weighted by Gasteiger charge is -2.15. The fraction of sp³-hybridized carbons (Fsp3) is 0.133. The van der Waals surface area contributed by atoms with Gasteiger partial charge in [-0.25, -0.2) is 0 Å². The van der Waals surface area contributed by atoms with Crippen LogP contribution in [0.4, 0.5) is 0 Å². The van der Waals surface area contributed by atoms with Gasteiger partial charge in [-0.2, -0.15) is 0 Å². The van der Waals surface area contributed by atoms with E-state index in [9.17, 15) is 15.0 Å². The number of phenolic OH excluding ortho intramolecular Hbond substituents is 2. The fourth-order valence-electron chi connectivity index (χ4n) is 1.74. The molecule has 0 aromatic heterocycles. The van der Waals surface area contributed by atoms with Crippen LogP contribution in [0.1, 0.15) is 11.7 Å². The number of aromatic hydroxyl groups is 2. The zero-order valence-electron chi connectivity index (χ0n) is 10.8. The van der Waals surface area contributed by atoms with Gasteiger partial charge in [0, 0.05) is 11.6 Å². The number of phenols is 2. The van der Waals surface area contributed by atoms with Gasteiger partial charge in [0.15, 0.2) is 12.4 Å². The normalized spacial score (nSPS) is 11.7. The summed E-state index contributed by atoms with van der Waals surface area (Å²) in [5, 5.41) is 19.0. The summed E-state index contributed by atoms with van der Waals surface area (Å²) < 4.78 is 10.5. The van der Waals surface area contributed by atoms with Gasteiger partial charge in [-0.05, 0) is 36.4 Å². The van der Waals surface area contributed by atoms with E-state index in [2.05, 4.69) is 0 Å². The van der Waals surface area contributed by atoms with Gasteiger partial charge in [-0.3, -0.25) is 4.79 Å². The summed E-state index contributed by atoms with van der Waals surface area (Å²) in [7, 11) is 1.55. The first kappa shape index (κ1) is 13.7. The third-order valence-corrected chi connectivity index (χ3v) is 2.77. The van der Waals surface area contributed by atoms with Gasteiger partial charge in [-0.1, -0.05) is 0 Å². The minimum Gasteiger partial charge on any atom is -0.508 e. The Hall–Kier alpha value is -2.69. The Morgan fingerprint density at radius 1 is 1.05 bits per heavy atom. The van der Waals surface area contributed by atoms with Crippen LogP contribution in [0.5, 0.6) is 23.0 Å². The molecule has 0 aliphatic heterocycles. The Morgan fingerprint density at radius 3 is 2.25 bits per heavy atom. The van der Waals surface area contributed by atoms with E-state index in [4.69, 9.17) is 9.47 Å². The van der Waals surface area contributed by atoms with E-state index in [0.29, 0.717) is 17.8 Å². The van der Waals surface area contributed by atoms with Crippen molar-refractivity contribution in [2.75, 3.05) is 7.11 Å². The van der Waals surface area contributed by atoms with Crippen molar-refractivity contribution in [2.45, 2.75) is 6.10 Å². The maximum atomic E-state index is 11.1. The van der Waals surface area contributed by atoms with E-state index >= 15 is 0 Å². The van der Waals surface area contributed by atoms with Gasteiger partial charge in [0.1, 0.15) is 23.0 Å². The summed E-state index contributed by atoms with van der Waals surface area (Å²) >= 11 is 0. The maximum Gasteiger partial charge on any atom is 0.182 e. The third-order valence-electron chi connectivity index (χ3n) is 2.77. The SMILES string of the molecule is COc1ccc(OC(C=O)c2ccc(O)cc2O)cc1. The van der Waals surface area contributed by atoms with Crippen molar-refractivity contribution in [1.82, 2.24) is 0 Å². The number of hydrogen-bond donors (Lipinski definition) is 2. The van der Waals surface area contributed by atoms with Gasteiger partial charge in [0.05, 0.1) is 7.11 Å². The van der Waals surface area contributed by atoms with Crippen molar-refractivity contribution in [3.8, 4) is 23.0 Å². The molecule has 0 saturated heterocycles. The number of carbonyl (C=O) groups is 1. The molecule has 0 spiro atoms. The molecule has 5 heteroatoms. The highest BCUT2D eigenvalue weighted by Crippen LogP contribution is 2.30. The molecular formula is C15H14O5. The van der Waals surface area contributed by atoms with E-state index in [1.807, 2.05) is 0 Å². The molecule has 0 saturated carbocycles. The van der Waals surface area contributed by atoms with Crippen LogP contribution in [-0.4, -0.2) is 23.6 Å². The molecule has 20 heavy (non-hydrogen) atoms. The molecule has 0 heterocycles. The molecule has 0 fully saturated rings. The zero-order chi connectivity index (χ0) is 14.5. The van der Waals surface area contributed by atoms with Gasteiger partial charge in [-0.15, -0.1) is 0 Å². The summed E-state index contributed by atoms with van der Waals surface area (Å²) in [5.74, 6) is 0.860. The first-order valence-electron chi connectivity index (χ1n) is 5.92. The number of aldehydes is 1. The van der Waals surface area contributed by atoms with Gasteiger partial charge >= 0.3 is 0 Å². The zero-order valence-corrected chi connectivity index (χ0v) is 10.8. The van der Waals surface area contributed by atoms with E-state index in [0.717, 1.165) is 6.07 Å². The highest BCUT2D eigenvalue weighted by atomic mass is 16.5. The average Bonchev–Trinajstić information content (AvgIpc) is 2.46. The summed E-state index contributed by atoms with van der Waals surface area (Å²) in [4.78, 5) is 11.1. The second-order valence-electron chi connectivity index (χ2n) is 4.09. The Kier molecular flexibility index (Phi) is 4.10. The Balaban J connectivity index is 2.21. The number of benzene rings is 2. The summed E-state index contributed by atoms with van der Waals surface area (Å²) in [6.45, 7) is 0. The molecule has 0 radical (unpaired) electrons. The van der Waals surface area contributed by atoms with E-state index < -0.39 is 6.10 Å². The second kappa shape index (κ2) is 5.97. The number of carbonyl (C=O) groups excluding carboxylic acids is 1. The van der Waals surface area contributed by atoms with Crippen LogP contribution in [0.3, 0.4) is 0 Å². The number of rotatable bonds is 5. The van der Waals surface area contributed by atoms with Crippen molar-refractivity contribution >= 4 is 6.29 Å². The van der Waals surface area contributed by atoms with Crippen molar-refractivity contribution in [3.05, 3.63) is 48.0 Å². The van der Waals surface area contributed by atoms with E-state index in [1.54, 1.807) is 31.4 Å². The van der Waals surface area contributed by atoms with Crippen LogP contribution in [-0.2, 0) is 4.79 Å². The van der Waals surface area contributed by atoms with Crippen molar-refractivity contribution in [1.29, 1.82) is 0 Å². The van der Waals surface area contributed by atoms with Crippen LogP contribution in [0, 0.1) is 0 Å². The molecule has 2 N–H and O–H groups in total. The Morgan fingerprint density at radius 2 is 1.70 bits per heavy atom. The van der Waals surface area contributed by atoms with Crippen LogP contribution < -0.4 is 9.47 Å². The number of methoxy groups -OCH3 is 1. The van der Waals surface area contributed by atoms with Gasteiger partial charge < -0.3 is 19.7 Å². The molecular weight excluding hydrogens is 260 g/mol. The summed E-state index contributed by atoms with van der Waals surface area (Å²) in [6.07, 6.45) is -0.375. The van der Waals surface area contributed by atoms with Crippen molar-refractivity contribution < 1.29 is 24.5 Å². The van der Waals surface area contributed by atoms with Crippen LogP contribution in [0.15, 0.2) is 42.5 Å². The standard InChI is InChI=1S/C15H14O5/c1-19-11-3-5-12(6-4-11)20-15(9-16)13-7-2-10(17)8-14(13)18/h2-9,15,17-18H,1H3. The molecule has 0 amide bonds. The first-order valence-corrected chi connectivity index (χ1v) is 5.92. The van der Waals surface area contributed by atoms with E-state index in [1.165, 1.54) is 12.1 Å². The van der Waals surface area contributed by atoms with Gasteiger partial charge in [0.2, 0.25) is 0 Å². The van der Waals surface area contributed by atoms with E-state index in [-0.39, 0.29) is 17.1 Å². The molecule has 0 bridgehead atoms. The predicted octanol–water partition coefficient (Wildman–Crippen LogP) is 2.43. The predicted molar refractivity (Wildman–Crippen MR) is 72.2 cm³/mol. The lowest BCUT2D eigenvalue weighted by atomic mass is 10.1. The Labute approximate surface area is 116 Å². The van der Waals surface area contributed by atoms with Crippen molar-refractivity contribution in [3.63, 3.8) is 0 Å². The van der Waals surface area contributed by atoms with Crippen LogP contribution in [0.25, 0.3) is 0 Å². The molecule has 1 unspecified atom stereocenters. The quantitative estimate of drug-likeness (QED) is 0.819. The first-order chi connectivity index (χ1) is 9.63. The Bertz CT molecular complexity index is 592. The largest absolute Gasteiger partial charge is 0.508 e. The minimum absolute atomic E-state index is 0.0830. The fourth-order valence-corrected chi connectivity index (χ4v) is 1.74. The molecule has 2 aromatic carbocycles. The maximum absolute atomic E-state index is 11.1. The third kappa shape index (κ3) is 3.00. The molecule has 104 valence electrons. The molecule has 2 rings (SSSR count). The van der Waals surface area contributed by atoms with Crippen LogP contribution >= 0.6 is 0 Å². The molecule has 0 aliphatic rings. The lowest BCUT2D eigenvalue weighted by molar-refractivity contribution is -0.114. The highest BCUT2D eigenvalue weighted by Gasteiger charge is 2.17. The summed E-state index contributed by atoms with van der Waals surface area (Å²) in [5.41, 5.74) is 0.286. The van der Waals surface area contributed by atoms with Crippen molar-refractivity contribution in [2.24, 2.45) is 0 Å². The monoisotopic (exact) mass is 274 g/mol. The minimum atomic E-state index is -0.955. The molecule has 1 atom stereocenters. The molecule has 0 aliphatic carbocycles. The average molecular weight is 274 g/mol. The smallest absolute Gasteiger partial charge is 0.182 e. The molecule has 5 nitrogen and oxygen atoms in total. The number of ether oxygens (including phenoxy) is 2.